The van der Waals surface area contributed by atoms with E-state index in [9.17, 15) is 0 Å². The molecule has 2 saturated carbocycles. The molecule has 2 unspecified atom stereocenters. The molecule has 0 aromatic carbocycles. The molecule has 2 fully saturated rings. The van der Waals surface area contributed by atoms with E-state index < -0.39 is 0 Å². The molecule has 0 spiro atoms. The second-order valence-corrected chi connectivity index (χ2v) is 6.82. The van der Waals surface area contributed by atoms with E-state index in [0.29, 0.717) is 11.8 Å². The molecule has 2 rings (SSSR count). The van der Waals surface area contributed by atoms with Gasteiger partial charge in [-0.3, -0.25) is 0 Å². The maximum Gasteiger partial charge on any atom is 1.00 e. The first kappa shape index (κ1) is 26.0. The van der Waals surface area contributed by atoms with Crippen LogP contribution in [0, 0.1) is 24.7 Å². The van der Waals surface area contributed by atoms with Gasteiger partial charge in [0.2, 0.25) is 0 Å². The van der Waals surface area contributed by atoms with Crippen LogP contribution < -0.4 is 18.9 Å². The minimum absolute atomic E-state index is 0. The molecule has 2 atom stereocenters. The van der Waals surface area contributed by atoms with E-state index in [-0.39, 0.29) is 35.9 Å². The molecule has 2 aliphatic carbocycles. The fourth-order valence-electron chi connectivity index (χ4n) is 2.79. The topological polar surface area (TPSA) is 31.2 Å². The van der Waals surface area contributed by atoms with Gasteiger partial charge in [-0.05, 0) is 11.8 Å². The third kappa shape index (κ3) is 10.6. The first-order chi connectivity index (χ1) is 10.4. The SMILES string of the molecule is CC1CCC[CH-]/C1=N/N(C)C.CC1CCC[CH-]/C1=N/N(C)C.[Cu+].[Li+]. The van der Waals surface area contributed by atoms with Crippen molar-refractivity contribution in [2.45, 2.75) is 52.4 Å². The van der Waals surface area contributed by atoms with Gasteiger partial charge in [0.1, 0.15) is 0 Å². The summed E-state index contributed by atoms with van der Waals surface area (Å²) in [6.07, 6.45) is 12.2. The molecule has 24 heavy (non-hydrogen) atoms. The van der Waals surface area contributed by atoms with Gasteiger partial charge >= 0.3 is 35.9 Å². The molecule has 0 heterocycles. The second-order valence-electron chi connectivity index (χ2n) is 6.82. The Balaban J connectivity index is 0. The molecule has 0 aromatic heterocycles. The Hall–Kier alpha value is -0.203. The minimum Gasteiger partial charge on any atom is -0.344 e. The van der Waals surface area contributed by atoms with Crippen LogP contribution in [-0.2, 0) is 17.1 Å². The van der Waals surface area contributed by atoms with E-state index in [1.807, 2.05) is 38.2 Å². The van der Waals surface area contributed by atoms with Gasteiger partial charge in [0.25, 0.3) is 0 Å². The third-order valence-corrected chi connectivity index (χ3v) is 4.03. The van der Waals surface area contributed by atoms with Gasteiger partial charge < -0.3 is 22.9 Å². The summed E-state index contributed by atoms with van der Waals surface area (Å²) in [6, 6.07) is 0. The maximum absolute atomic E-state index is 4.41. The summed E-state index contributed by atoms with van der Waals surface area (Å²) in [7, 11) is 7.90. The zero-order valence-corrected chi connectivity index (χ0v) is 17.6. The van der Waals surface area contributed by atoms with Crippen LogP contribution in [0.5, 0.6) is 0 Å². The summed E-state index contributed by atoms with van der Waals surface area (Å²) in [5.41, 5.74) is 2.53. The predicted molar refractivity (Wildman–Crippen MR) is 96.9 cm³/mol. The van der Waals surface area contributed by atoms with Gasteiger partial charge in [-0.1, -0.05) is 51.0 Å². The molecule has 138 valence electrons. The molecule has 0 N–H and O–H groups in total. The van der Waals surface area contributed by atoms with Crippen molar-refractivity contribution in [2.75, 3.05) is 28.2 Å². The Kier molecular flexibility index (Phi) is 15.2. The minimum atomic E-state index is 0. The molecule has 0 radical (unpaired) electrons. The molecular weight excluding hydrogens is 343 g/mol. The predicted octanol–water partition coefficient (Wildman–Crippen LogP) is 0.858. The zero-order chi connectivity index (χ0) is 16.5. The molecule has 0 aromatic rings. The number of hydrazone groups is 2. The van der Waals surface area contributed by atoms with Gasteiger partial charge in [-0.2, -0.15) is 12.8 Å². The van der Waals surface area contributed by atoms with E-state index >= 15 is 0 Å². The van der Waals surface area contributed by atoms with Gasteiger partial charge in [-0.25, -0.2) is 10.2 Å². The standard InChI is InChI=1S/2C9H17N2.Cu.Li/c2*1-8-6-4-5-7-9(8)10-11(2)3;;/h2*7-8H,4-6H2,1-3H3;;/q2*-1;2*+1/b2*10-9-;;. The van der Waals surface area contributed by atoms with Crippen LogP contribution in [0.4, 0.5) is 0 Å². The van der Waals surface area contributed by atoms with E-state index in [1.165, 1.54) is 49.9 Å². The van der Waals surface area contributed by atoms with Crippen LogP contribution >= 0.6 is 0 Å². The molecule has 0 aliphatic heterocycles. The smallest absolute Gasteiger partial charge is 0.344 e. The first-order valence-corrected chi connectivity index (χ1v) is 8.58. The molecule has 0 bridgehead atoms. The van der Waals surface area contributed by atoms with Gasteiger partial charge in [0.15, 0.2) is 0 Å². The van der Waals surface area contributed by atoms with Crippen LogP contribution in [0.25, 0.3) is 0 Å². The summed E-state index contributed by atoms with van der Waals surface area (Å²) in [6.45, 7) is 4.50. The van der Waals surface area contributed by atoms with E-state index in [4.69, 9.17) is 0 Å². The summed E-state index contributed by atoms with van der Waals surface area (Å²) < 4.78 is 0. The Morgan fingerprint density at radius 1 is 0.792 bits per heavy atom. The number of nitrogens with zero attached hydrogens (tertiary/aromatic N) is 4. The molecule has 4 nitrogen and oxygen atoms in total. The second kappa shape index (κ2) is 14.0. The van der Waals surface area contributed by atoms with Crippen LogP contribution in [0.2, 0.25) is 0 Å². The fraction of sp³-hybridized carbons (Fsp3) is 0.778. The van der Waals surface area contributed by atoms with Crippen molar-refractivity contribution in [1.29, 1.82) is 0 Å². The summed E-state index contributed by atoms with van der Waals surface area (Å²) in [4.78, 5) is 0. The van der Waals surface area contributed by atoms with Crippen molar-refractivity contribution in [1.82, 2.24) is 10.0 Å². The summed E-state index contributed by atoms with van der Waals surface area (Å²) in [5.74, 6) is 1.32. The van der Waals surface area contributed by atoms with E-state index in [2.05, 4.69) is 36.9 Å². The maximum atomic E-state index is 4.41. The van der Waals surface area contributed by atoms with E-state index in [0.717, 1.165) is 0 Å². The first-order valence-electron chi connectivity index (χ1n) is 8.58. The van der Waals surface area contributed by atoms with Crippen molar-refractivity contribution >= 4 is 11.4 Å². The largest absolute Gasteiger partial charge is 1.00 e. The monoisotopic (exact) mass is 376 g/mol. The molecule has 2 aliphatic rings. The Labute approximate surface area is 172 Å². The Morgan fingerprint density at radius 2 is 1.12 bits per heavy atom. The quantitative estimate of drug-likeness (QED) is 0.406. The summed E-state index contributed by atoms with van der Waals surface area (Å²) in [5, 5.41) is 12.6. The number of hydrogen-bond donors (Lipinski definition) is 0. The third-order valence-electron chi connectivity index (χ3n) is 4.03. The average Bonchev–Trinajstić information content (AvgIpc) is 2.44. The van der Waals surface area contributed by atoms with Crippen molar-refractivity contribution in [3.8, 4) is 0 Å². The zero-order valence-electron chi connectivity index (χ0n) is 16.6. The van der Waals surface area contributed by atoms with Crippen molar-refractivity contribution in [2.24, 2.45) is 22.0 Å². The van der Waals surface area contributed by atoms with Gasteiger partial charge in [0, 0.05) is 28.2 Å². The number of rotatable bonds is 2. The normalized spacial score (nSPS) is 25.9. The van der Waals surface area contributed by atoms with Crippen molar-refractivity contribution in [3.05, 3.63) is 12.8 Å². The Morgan fingerprint density at radius 3 is 1.38 bits per heavy atom. The van der Waals surface area contributed by atoms with Gasteiger partial charge in [-0.15, -0.1) is 0 Å². The van der Waals surface area contributed by atoms with Gasteiger partial charge in [0.05, 0.1) is 0 Å². The fourth-order valence-corrected chi connectivity index (χ4v) is 2.79. The van der Waals surface area contributed by atoms with E-state index in [1.54, 1.807) is 0 Å². The van der Waals surface area contributed by atoms with Crippen LogP contribution in [-0.4, -0.2) is 49.6 Å². The van der Waals surface area contributed by atoms with Crippen LogP contribution in [0.1, 0.15) is 52.4 Å². The average molecular weight is 377 g/mol. The molecule has 6 heteroatoms. The van der Waals surface area contributed by atoms with Crippen LogP contribution in [0.3, 0.4) is 0 Å². The molecule has 0 amide bonds. The number of hydrogen-bond acceptors (Lipinski definition) is 4. The summed E-state index contributed by atoms with van der Waals surface area (Å²) >= 11 is 0. The van der Waals surface area contributed by atoms with Crippen molar-refractivity contribution < 1.29 is 35.9 Å². The Bertz CT molecular complexity index is 347. The van der Waals surface area contributed by atoms with Crippen LogP contribution in [0.15, 0.2) is 10.2 Å². The van der Waals surface area contributed by atoms with Crippen molar-refractivity contribution in [3.63, 3.8) is 0 Å². The molecule has 0 saturated heterocycles. The molecular formula is C18H34CuLiN4.